The SMILES string of the molecule is C=COC1CC(C)C(C(=O)OCC)C(C)N1. The molecule has 0 radical (unpaired) electrons. The van der Waals surface area contributed by atoms with E-state index in [2.05, 4.69) is 18.8 Å². The van der Waals surface area contributed by atoms with Crippen molar-refractivity contribution in [3.63, 3.8) is 0 Å². The molecule has 0 spiro atoms. The summed E-state index contributed by atoms with van der Waals surface area (Å²) in [7, 11) is 0. The lowest BCUT2D eigenvalue weighted by atomic mass is 9.82. The highest BCUT2D eigenvalue weighted by molar-refractivity contribution is 5.73. The van der Waals surface area contributed by atoms with E-state index in [4.69, 9.17) is 9.47 Å². The molecular weight excluding hydrogens is 206 g/mol. The van der Waals surface area contributed by atoms with Gasteiger partial charge in [0.05, 0.1) is 18.8 Å². The molecule has 1 aliphatic heterocycles. The van der Waals surface area contributed by atoms with Crippen molar-refractivity contribution < 1.29 is 14.3 Å². The summed E-state index contributed by atoms with van der Waals surface area (Å²) in [5.74, 6) is 0.0388. The minimum absolute atomic E-state index is 0.0480. The molecule has 1 N–H and O–H groups in total. The smallest absolute Gasteiger partial charge is 0.310 e. The van der Waals surface area contributed by atoms with E-state index in [1.165, 1.54) is 6.26 Å². The summed E-state index contributed by atoms with van der Waals surface area (Å²) in [5, 5.41) is 3.24. The van der Waals surface area contributed by atoms with Crippen molar-refractivity contribution in [2.75, 3.05) is 6.61 Å². The average molecular weight is 227 g/mol. The molecule has 0 aromatic heterocycles. The second-order valence-corrected chi connectivity index (χ2v) is 4.24. The largest absolute Gasteiger partial charge is 0.484 e. The van der Waals surface area contributed by atoms with Crippen molar-refractivity contribution in [2.45, 2.75) is 39.5 Å². The first kappa shape index (κ1) is 13.0. The molecule has 0 aromatic carbocycles. The minimum atomic E-state index is -0.118. The fourth-order valence-corrected chi connectivity index (χ4v) is 2.33. The van der Waals surface area contributed by atoms with Gasteiger partial charge in [-0.05, 0) is 19.8 Å². The van der Waals surface area contributed by atoms with Crippen LogP contribution >= 0.6 is 0 Å². The summed E-state index contributed by atoms with van der Waals surface area (Å²) >= 11 is 0. The molecule has 1 heterocycles. The quantitative estimate of drug-likeness (QED) is 0.586. The first-order valence-electron chi connectivity index (χ1n) is 5.79. The zero-order valence-corrected chi connectivity index (χ0v) is 10.2. The van der Waals surface area contributed by atoms with E-state index in [9.17, 15) is 4.79 Å². The molecule has 4 heteroatoms. The second-order valence-electron chi connectivity index (χ2n) is 4.24. The predicted octanol–water partition coefficient (Wildman–Crippen LogP) is 1.67. The molecule has 0 amide bonds. The molecule has 4 nitrogen and oxygen atoms in total. The third kappa shape index (κ3) is 2.98. The van der Waals surface area contributed by atoms with Crippen LogP contribution in [0.15, 0.2) is 12.8 Å². The summed E-state index contributed by atoms with van der Waals surface area (Å²) in [6.45, 7) is 9.83. The molecule has 1 fully saturated rings. The molecule has 0 saturated carbocycles. The van der Waals surface area contributed by atoms with E-state index in [-0.39, 0.29) is 30.1 Å². The van der Waals surface area contributed by atoms with Crippen LogP contribution in [0.4, 0.5) is 0 Å². The van der Waals surface area contributed by atoms with Gasteiger partial charge in [0.1, 0.15) is 6.23 Å². The van der Waals surface area contributed by atoms with E-state index >= 15 is 0 Å². The van der Waals surface area contributed by atoms with Crippen molar-refractivity contribution in [3.05, 3.63) is 12.8 Å². The van der Waals surface area contributed by atoms with Gasteiger partial charge in [0.2, 0.25) is 0 Å². The highest BCUT2D eigenvalue weighted by Crippen LogP contribution is 2.28. The highest BCUT2D eigenvalue weighted by Gasteiger charge is 2.38. The molecule has 16 heavy (non-hydrogen) atoms. The van der Waals surface area contributed by atoms with Crippen LogP contribution in [0.1, 0.15) is 27.2 Å². The van der Waals surface area contributed by atoms with Crippen LogP contribution in [0.2, 0.25) is 0 Å². The van der Waals surface area contributed by atoms with Gasteiger partial charge < -0.3 is 9.47 Å². The van der Waals surface area contributed by atoms with Gasteiger partial charge in [-0.25, -0.2) is 0 Å². The summed E-state index contributed by atoms with van der Waals surface area (Å²) in [6.07, 6.45) is 2.18. The Hall–Kier alpha value is -1.03. The maximum absolute atomic E-state index is 11.8. The van der Waals surface area contributed by atoms with Crippen LogP contribution in [0.25, 0.3) is 0 Å². The van der Waals surface area contributed by atoms with Gasteiger partial charge in [-0.2, -0.15) is 0 Å². The molecule has 1 rings (SSSR count). The topological polar surface area (TPSA) is 47.6 Å². The molecule has 0 aliphatic carbocycles. The Bertz CT molecular complexity index is 243. The molecule has 1 aliphatic rings. The molecule has 1 saturated heterocycles. The fraction of sp³-hybridized carbons (Fsp3) is 0.750. The average Bonchev–Trinajstić information content (AvgIpc) is 2.17. The Morgan fingerprint density at radius 3 is 2.75 bits per heavy atom. The van der Waals surface area contributed by atoms with Crippen molar-refractivity contribution in [2.24, 2.45) is 11.8 Å². The molecule has 0 aromatic rings. The van der Waals surface area contributed by atoms with Crippen LogP contribution in [0.5, 0.6) is 0 Å². The maximum atomic E-state index is 11.8. The summed E-state index contributed by atoms with van der Waals surface area (Å²) in [6, 6.07) is 0.0627. The Kier molecular flexibility index (Phi) is 4.80. The lowest BCUT2D eigenvalue weighted by Crippen LogP contribution is -2.53. The van der Waals surface area contributed by atoms with E-state index in [1.807, 2.05) is 13.8 Å². The summed E-state index contributed by atoms with van der Waals surface area (Å²) in [4.78, 5) is 11.8. The van der Waals surface area contributed by atoms with Crippen LogP contribution in [-0.4, -0.2) is 24.8 Å². The number of nitrogens with one attached hydrogen (secondary N) is 1. The molecular formula is C12H21NO3. The fourth-order valence-electron chi connectivity index (χ4n) is 2.33. The third-order valence-electron chi connectivity index (χ3n) is 3.01. The van der Waals surface area contributed by atoms with Crippen LogP contribution in [-0.2, 0) is 14.3 Å². The predicted molar refractivity (Wildman–Crippen MR) is 61.6 cm³/mol. The lowest BCUT2D eigenvalue weighted by molar-refractivity contribution is -0.153. The minimum Gasteiger partial charge on any atom is -0.484 e. The van der Waals surface area contributed by atoms with Crippen LogP contribution < -0.4 is 5.32 Å². The Morgan fingerprint density at radius 1 is 1.56 bits per heavy atom. The standard InChI is InChI=1S/C12H21NO3/c1-5-15-10-7-8(3)11(9(4)13-10)12(14)16-6-2/h5,8-11,13H,1,6-7H2,2-4H3. The Labute approximate surface area is 97.0 Å². The number of carbonyl (C=O) groups is 1. The molecule has 4 atom stereocenters. The lowest BCUT2D eigenvalue weighted by Gasteiger charge is -2.37. The highest BCUT2D eigenvalue weighted by atomic mass is 16.5. The molecule has 4 unspecified atom stereocenters. The zero-order chi connectivity index (χ0) is 12.1. The number of hydrogen-bond acceptors (Lipinski definition) is 4. The number of ether oxygens (including phenoxy) is 2. The van der Waals surface area contributed by atoms with Gasteiger partial charge in [-0.15, -0.1) is 0 Å². The van der Waals surface area contributed by atoms with Crippen molar-refractivity contribution in [1.29, 1.82) is 0 Å². The first-order chi connectivity index (χ1) is 7.60. The van der Waals surface area contributed by atoms with E-state index in [0.717, 1.165) is 6.42 Å². The van der Waals surface area contributed by atoms with Crippen LogP contribution in [0, 0.1) is 11.8 Å². The monoisotopic (exact) mass is 227 g/mol. The summed E-state index contributed by atoms with van der Waals surface area (Å²) < 4.78 is 10.4. The van der Waals surface area contributed by atoms with Gasteiger partial charge in [-0.3, -0.25) is 10.1 Å². The molecule has 0 bridgehead atoms. The van der Waals surface area contributed by atoms with Gasteiger partial charge in [0, 0.05) is 12.5 Å². The van der Waals surface area contributed by atoms with E-state index in [1.54, 1.807) is 0 Å². The number of rotatable bonds is 4. The Balaban J connectivity index is 2.61. The first-order valence-corrected chi connectivity index (χ1v) is 5.79. The zero-order valence-electron chi connectivity index (χ0n) is 10.2. The van der Waals surface area contributed by atoms with Crippen molar-refractivity contribution in [3.8, 4) is 0 Å². The number of carbonyl (C=O) groups excluding carboxylic acids is 1. The van der Waals surface area contributed by atoms with Crippen molar-refractivity contribution >= 4 is 5.97 Å². The van der Waals surface area contributed by atoms with Crippen LogP contribution in [0.3, 0.4) is 0 Å². The number of hydrogen-bond donors (Lipinski definition) is 1. The number of esters is 1. The molecule has 92 valence electrons. The third-order valence-corrected chi connectivity index (χ3v) is 3.01. The van der Waals surface area contributed by atoms with Gasteiger partial charge in [-0.1, -0.05) is 13.5 Å². The maximum Gasteiger partial charge on any atom is 0.310 e. The van der Waals surface area contributed by atoms with Gasteiger partial charge in [0.15, 0.2) is 0 Å². The van der Waals surface area contributed by atoms with Crippen molar-refractivity contribution in [1.82, 2.24) is 5.32 Å². The van der Waals surface area contributed by atoms with E-state index < -0.39 is 0 Å². The second kappa shape index (κ2) is 5.89. The number of piperidine rings is 1. The Morgan fingerprint density at radius 2 is 2.25 bits per heavy atom. The van der Waals surface area contributed by atoms with E-state index in [0.29, 0.717) is 6.61 Å². The normalized spacial score (nSPS) is 34.2. The van der Waals surface area contributed by atoms with Gasteiger partial charge >= 0.3 is 5.97 Å². The summed E-state index contributed by atoms with van der Waals surface area (Å²) in [5.41, 5.74) is 0. The van der Waals surface area contributed by atoms with Gasteiger partial charge in [0.25, 0.3) is 0 Å².